The summed E-state index contributed by atoms with van der Waals surface area (Å²) in [5.41, 5.74) is -0.460. The van der Waals surface area contributed by atoms with Gasteiger partial charge in [-0.15, -0.1) is 0 Å². The third kappa shape index (κ3) is 3.75. The van der Waals surface area contributed by atoms with Crippen molar-refractivity contribution in [3.05, 3.63) is 0 Å². The van der Waals surface area contributed by atoms with Crippen LogP contribution in [0, 0.1) is 17.3 Å². The second-order valence-corrected chi connectivity index (χ2v) is 7.25. The fourth-order valence-electron chi connectivity index (χ4n) is 3.97. The summed E-state index contributed by atoms with van der Waals surface area (Å²) in [6.07, 6.45) is 9.00. The van der Waals surface area contributed by atoms with E-state index in [-0.39, 0.29) is 0 Å². The Balaban J connectivity index is 1.96. The van der Waals surface area contributed by atoms with Gasteiger partial charge < -0.3 is 10.0 Å². The normalized spacial score (nSPS) is 36.5. The van der Waals surface area contributed by atoms with Gasteiger partial charge >= 0.3 is 5.97 Å². The molecule has 0 aromatic rings. The molecule has 0 spiro atoms. The summed E-state index contributed by atoms with van der Waals surface area (Å²) < 4.78 is 0. The van der Waals surface area contributed by atoms with Gasteiger partial charge in [-0.3, -0.25) is 4.79 Å². The van der Waals surface area contributed by atoms with Crippen LogP contribution in [0.4, 0.5) is 0 Å². The van der Waals surface area contributed by atoms with Crippen LogP contribution >= 0.6 is 0 Å². The first-order valence-corrected chi connectivity index (χ1v) is 8.51. The third-order valence-electron chi connectivity index (χ3n) is 5.73. The van der Waals surface area contributed by atoms with Gasteiger partial charge in [0.1, 0.15) is 0 Å². The highest BCUT2D eigenvalue weighted by molar-refractivity contribution is 5.75. The van der Waals surface area contributed by atoms with Crippen LogP contribution < -0.4 is 0 Å². The van der Waals surface area contributed by atoms with E-state index in [4.69, 9.17) is 0 Å². The van der Waals surface area contributed by atoms with Gasteiger partial charge in [0.25, 0.3) is 0 Å². The molecular formula is C17H31NO2. The SMILES string of the molecule is CCC1CCCN(CC2(C(=O)O)CCC(C)CC2)CC1. The van der Waals surface area contributed by atoms with Crippen molar-refractivity contribution in [1.82, 2.24) is 4.90 Å². The maximum atomic E-state index is 11.8. The van der Waals surface area contributed by atoms with Crippen molar-refractivity contribution in [2.24, 2.45) is 17.3 Å². The van der Waals surface area contributed by atoms with E-state index < -0.39 is 11.4 Å². The van der Waals surface area contributed by atoms with Gasteiger partial charge in [-0.25, -0.2) is 0 Å². The fraction of sp³-hybridized carbons (Fsp3) is 0.941. The number of rotatable bonds is 4. The summed E-state index contributed by atoms with van der Waals surface area (Å²) in [5.74, 6) is 1.00. The Kier molecular flexibility index (Phi) is 5.48. The highest BCUT2D eigenvalue weighted by Crippen LogP contribution is 2.40. The predicted molar refractivity (Wildman–Crippen MR) is 81.8 cm³/mol. The molecule has 1 aliphatic carbocycles. The fourth-order valence-corrected chi connectivity index (χ4v) is 3.97. The van der Waals surface area contributed by atoms with Crippen LogP contribution in [0.25, 0.3) is 0 Å². The molecule has 1 saturated heterocycles. The minimum atomic E-state index is -0.555. The summed E-state index contributed by atoms with van der Waals surface area (Å²) in [5, 5.41) is 9.75. The van der Waals surface area contributed by atoms with E-state index in [0.29, 0.717) is 5.92 Å². The second kappa shape index (κ2) is 6.93. The van der Waals surface area contributed by atoms with Crippen molar-refractivity contribution in [3.63, 3.8) is 0 Å². The Bertz CT molecular complexity index is 321. The van der Waals surface area contributed by atoms with Crippen molar-refractivity contribution in [1.29, 1.82) is 0 Å². The molecule has 1 saturated carbocycles. The van der Waals surface area contributed by atoms with E-state index in [2.05, 4.69) is 18.7 Å². The topological polar surface area (TPSA) is 40.5 Å². The summed E-state index contributed by atoms with van der Waals surface area (Å²) in [6, 6.07) is 0. The Morgan fingerprint density at radius 3 is 2.50 bits per heavy atom. The number of carboxylic acid groups (broad SMARTS) is 1. The second-order valence-electron chi connectivity index (χ2n) is 7.25. The lowest BCUT2D eigenvalue weighted by Crippen LogP contribution is -2.45. The molecule has 0 radical (unpaired) electrons. The third-order valence-corrected chi connectivity index (χ3v) is 5.73. The molecule has 0 bridgehead atoms. The summed E-state index contributed by atoms with van der Waals surface area (Å²) in [4.78, 5) is 14.3. The predicted octanol–water partition coefficient (Wildman–Crippen LogP) is 3.78. The maximum absolute atomic E-state index is 11.8. The van der Waals surface area contributed by atoms with Crippen molar-refractivity contribution >= 4 is 5.97 Å². The molecule has 20 heavy (non-hydrogen) atoms. The molecule has 1 aliphatic heterocycles. The Morgan fingerprint density at radius 2 is 1.90 bits per heavy atom. The number of hydrogen-bond donors (Lipinski definition) is 1. The molecule has 2 rings (SSSR count). The van der Waals surface area contributed by atoms with E-state index >= 15 is 0 Å². The molecule has 2 fully saturated rings. The number of carboxylic acids is 1. The summed E-state index contributed by atoms with van der Waals surface area (Å²) in [7, 11) is 0. The first-order chi connectivity index (χ1) is 9.55. The van der Waals surface area contributed by atoms with E-state index in [1.807, 2.05) is 0 Å². The van der Waals surface area contributed by atoms with Crippen molar-refractivity contribution in [2.75, 3.05) is 19.6 Å². The molecule has 3 nitrogen and oxygen atoms in total. The van der Waals surface area contributed by atoms with Gasteiger partial charge in [-0.2, -0.15) is 0 Å². The summed E-state index contributed by atoms with van der Waals surface area (Å²) in [6.45, 7) is 7.51. The standard InChI is InChI=1S/C17H31NO2/c1-3-15-5-4-11-18(12-8-15)13-17(16(19)20)9-6-14(2)7-10-17/h14-15H,3-13H2,1-2H3,(H,19,20). The monoisotopic (exact) mass is 281 g/mol. The van der Waals surface area contributed by atoms with Crippen LogP contribution in [0.3, 0.4) is 0 Å². The quantitative estimate of drug-likeness (QED) is 0.852. The molecule has 1 heterocycles. The van der Waals surface area contributed by atoms with Gasteiger partial charge in [0.2, 0.25) is 0 Å². The van der Waals surface area contributed by atoms with E-state index in [1.54, 1.807) is 0 Å². The molecule has 0 aromatic carbocycles. The Hall–Kier alpha value is -0.570. The van der Waals surface area contributed by atoms with Gasteiger partial charge in [0.05, 0.1) is 5.41 Å². The highest BCUT2D eigenvalue weighted by atomic mass is 16.4. The molecule has 0 amide bonds. The molecule has 1 N–H and O–H groups in total. The number of likely N-dealkylation sites (tertiary alicyclic amines) is 1. The van der Waals surface area contributed by atoms with Gasteiger partial charge in [0, 0.05) is 6.54 Å². The highest BCUT2D eigenvalue weighted by Gasteiger charge is 2.42. The van der Waals surface area contributed by atoms with Gasteiger partial charge in [-0.05, 0) is 69.9 Å². The van der Waals surface area contributed by atoms with Crippen molar-refractivity contribution < 1.29 is 9.90 Å². The minimum absolute atomic E-state index is 0.460. The Labute approximate surface area is 123 Å². The maximum Gasteiger partial charge on any atom is 0.310 e. The largest absolute Gasteiger partial charge is 0.481 e. The summed E-state index contributed by atoms with van der Waals surface area (Å²) >= 11 is 0. The number of carbonyl (C=O) groups is 1. The number of hydrogen-bond acceptors (Lipinski definition) is 2. The molecule has 2 aliphatic rings. The van der Waals surface area contributed by atoms with Gasteiger partial charge in [-0.1, -0.05) is 20.3 Å². The zero-order chi connectivity index (χ0) is 14.6. The zero-order valence-electron chi connectivity index (χ0n) is 13.2. The lowest BCUT2D eigenvalue weighted by molar-refractivity contribution is -0.153. The van der Waals surface area contributed by atoms with E-state index in [0.717, 1.165) is 51.2 Å². The smallest absolute Gasteiger partial charge is 0.310 e. The average molecular weight is 281 g/mol. The van der Waals surface area contributed by atoms with Crippen molar-refractivity contribution in [3.8, 4) is 0 Å². The minimum Gasteiger partial charge on any atom is -0.481 e. The molecule has 3 heteroatoms. The van der Waals surface area contributed by atoms with Crippen LogP contribution in [0.2, 0.25) is 0 Å². The van der Waals surface area contributed by atoms with Crippen LogP contribution in [0.5, 0.6) is 0 Å². The van der Waals surface area contributed by atoms with E-state index in [1.165, 1.54) is 25.7 Å². The average Bonchev–Trinajstić information content (AvgIpc) is 2.66. The van der Waals surface area contributed by atoms with Crippen molar-refractivity contribution in [2.45, 2.75) is 65.2 Å². The lowest BCUT2D eigenvalue weighted by Gasteiger charge is -2.39. The lowest BCUT2D eigenvalue weighted by atomic mass is 9.70. The molecule has 1 unspecified atom stereocenters. The molecule has 0 aromatic heterocycles. The first kappa shape index (κ1) is 15.8. The molecular weight excluding hydrogens is 250 g/mol. The number of aliphatic carboxylic acids is 1. The first-order valence-electron chi connectivity index (χ1n) is 8.51. The van der Waals surface area contributed by atoms with Crippen LogP contribution in [0.15, 0.2) is 0 Å². The Morgan fingerprint density at radius 1 is 1.20 bits per heavy atom. The van der Waals surface area contributed by atoms with Crippen LogP contribution in [-0.2, 0) is 4.79 Å². The molecule has 116 valence electrons. The molecule has 1 atom stereocenters. The van der Waals surface area contributed by atoms with Crippen LogP contribution in [-0.4, -0.2) is 35.6 Å². The van der Waals surface area contributed by atoms with Gasteiger partial charge in [0.15, 0.2) is 0 Å². The van der Waals surface area contributed by atoms with E-state index in [9.17, 15) is 9.90 Å². The zero-order valence-corrected chi connectivity index (χ0v) is 13.2. The number of nitrogens with zero attached hydrogens (tertiary/aromatic N) is 1. The van der Waals surface area contributed by atoms with Crippen LogP contribution in [0.1, 0.15) is 65.2 Å².